The first-order valence-corrected chi connectivity index (χ1v) is 8.55. The van der Waals surface area contributed by atoms with Gasteiger partial charge in [0.1, 0.15) is 0 Å². The molecule has 0 saturated carbocycles. The highest BCUT2D eigenvalue weighted by Crippen LogP contribution is 2.30. The summed E-state index contributed by atoms with van der Waals surface area (Å²) >= 11 is 6.23. The van der Waals surface area contributed by atoms with E-state index in [2.05, 4.69) is 50.0 Å². The van der Waals surface area contributed by atoms with Gasteiger partial charge in [0.25, 0.3) is 0 Å². The molecule has 0 radical (unpaired) electrons. The molecule has 1 heterocycles. The number of anilines is 1. The van der Waals surface area contributed by atoms with Crippen molar-refractivity contribution in [2.75, 3.05) is 18.0 Å². The van der Waals surface area contributed by atoms with Crippen LogP contribution >= 0.6 is 11.6 Å². The first-order chi connectivity index (χ1) is 9.89. The van der Waals surface area contributed by atoms with Crippen LogP contribution in [0.5, 0.6) is 0 Å². The molecule has 2 rings (SSSR count). The van der Waals surface area contributed by atoms with Gasteiger partial charge in [-0.3, -0.25) is 0 Å². The fraction of sp³-hybridized carbons (Fsp3) is 0.667. The average Bonchev–Trinajstić information content (AvgIpc) is 2.45. The molecule has 0 amide bonds. The summed E-state index contributed by atoms with van der Waals surface area (Å²) in [5, 5.41) is 4.42. The van der Waals surface area contributed by atoms with Crippen LogP contribution in [0.4, 0.5) is 5.69 Å². The number of nitrogens with zero attached hydrogens (tertiary/aromatic N) is 1. The molecule has 0 spiro atoms. The van der Waals surface area contributed by atoms with E-state index in [0.29, 0.717) is 0 Å². The van der Waals surface area contributed by atoms with Crippen LogP contribution in [0, 0.1) is 5.92 Å². The molecule has 3 heteroatoms. The molecule has 2 nitrogen and oxygen atoms in total. The topological polar surface area (TPSA) is 15.3 Å². The van der Waals surface area contributed by atoms with Crippen molar-refractivity contribution in [3.8, 4) is 0 Å². The van der Waals surface area contributed by atoms with Crippen molar-refractivity contribution < 1.29 is 0 Å². The standard InChI is InChI=1S/C18H29ClN2/c1-5-14-8-10-21(11-9-14)17-12-16(19)7-6-15(17)13-20-18(2,3)4/h6-7,12,14,20H,5,8-11,13H2,1-4H3. The molecule has 0 aliphatic carbocycles. The van der Waals surface area contributed by atoms with Gasteiger partial charge >= 0.3 is 0 Å². The summed E-state index contributed by atoms with van der Waals surface area (Å²) in [6.07, 6.45) is 3.91. The normalized spacial score (nSPS) is 17.3. The molecule has 1 aromatic carbocycles. The predicted octanol–water partition coefficient (Wildman–Crippen LogP) is 4.85. The Bertz CT molecular complexity index is 457. The van der Waals surface area contributed by atoms with Gasteiger partial charge in [0.2, 0.25) is 0 Å². The van der Waals surface area contributed by atoms with Gasteiger partial charge < -0.3 is 10.2 Å². The molecule has 0 unspecified atom stereocenters. The first kappa shape index (κ1) is 16.6. The van der Waals surface area contributed by atoms with Crippen molar-refractivity contribution in [1.82, 2.24) is 5.32 Å². The lowest BCUT2D eigenvalue weighted by atomic mass is 9.93. The van der Waals surface area contributed by atoms with Crippen molar-refractivity contribution in [3.05, 3.63) is 28.8 Å². The van der Waals surface area contributed by atoms with E-state index in [9.17, 15) is 0 Å². The summed E-state index contributed by atoms with van der Waals surface area (Å²) in [7, 11) is 0. The highest BCUT2D eigenvalue weighted by Gasteiger charge is 2.20. The Hall–Kier alpha value is -0.730. The Kier molecular flexibility index (Phi) is 5.56. The lowest BCUT2D eigenvalue weighted by Gasteiger charge is -2.35. The number of hydrogen-bond acceptors (Lipinski definition) is 2. The number of benzene rings is 1. The maximum absolute atomic E-state index is 6.23. The lowest BCUT2D eigenvalue weighted by Crippen LogP contribution is -2.37. The molecule has 21 heavy (non-hydrogen) atoms. The zero-order valence-electron chi connectivity index (χ0n) is 13.9. The van der Waals surface area contributed by atoms with Crippen molar-refractivity contribution in [1.29, 1.82) is 0 Å². The van der Waals surface area contributed by atoms with Gasteiger partial charge in [0.15, 0.2) is 0 Å². The summed E-state index contributed by atoms with van der Waals surface area (Å²) in [4.78, 5) is 2.51. The predicted molar refractivity (Wildman–Crippen MR) is 93.3 cm³/mol. The molecule has 0 aromatic heterocycles. The number of halogens is 1. The lowest BCUT2D eigenvalue weighted by molar-refractivity contribution is 0.393. The molecule has 0 bridgehead atoms. The zero-order chi connectivity index (χ0) is 15.5. The minimum absolute atomic E-state index is 0.131. The number of piperidine rings is 1. The summed E-state index contributed by atoms with van der Waals surface area (Å²) in [6.45, 7) is 12.1. The van der Waals surface area contributed by atoms with E-state index in [0.717, 1.165) is 30.6 Å². The quantitative estimate of drug-likeness (QED) is 0.855. The SMILES string of the molecule is CCC1CCN(c2cc(Cl)ccc2CNC(C)(C)C)CC1. The second-order valence-corrected chi connectivity index (χ2v) is 7.65. The molecular formula is C18H29ClN2. The Morgan fingerprint density at radius 1 is 1.24 bits per heavy atom. The third-order valence-electron chi connectivity index (χ3n) is 4.39. The van der Waals surface area contributed by atoms with Crippen molar-refractivity contribution in [2.24, 2.45) is 5.92 Å². The van der Waals surface area contributed by atoms with Crippen molar-refractivity contribution in [2.45, 2.75) is 59.0 Å². The second-order valence-electron chi connectivity index (χ2n) is 7.22. The summed E-state index contributed by atoms with van der Waals surface area (Å²) < 4.78 is 0. The first-order valence-electron chi connectivity index (χ1n) is 8.17. The van der Waals surface area contributed by atoms with Crippen LogP contribution in [0.1, 0.15) is 52.5 Å². The largest absolute Gasteiger partial charge is 0.371 e. The molecule has 1 saturated heterocycles. The molecule has 1 aliphatic rings. The van der Waals surface area contributed by atoms with Gasteiger partial charge in [-0.2, -0.15) is 0 Å². The molecule has 1 fully saturated rings. The number of nitrogens with one attached hydrogen (secondary N) is 1. The van der Waals surface area contributed by atoms with E-state index in [1.165, 1.54) is 30.5 Å². The van der Waals surface area contributed by atoms with Crippen LogP contribution in [0.25, 0.3) is 0 Å². The summed E-state index contributed by atoms with van der Waals surface area (Å²) in [5.74, 6) is 0.900. The smallest absolute Gasteiger partial charge is 0.0426 e. The minimum atomic E-state index is 0.131. The minimum Gasteiger partial charge on any atom is -0.371 e. The highest BCUT2D eigenvalue weighted by molar-refractivity contribution is 6.30. The van der Waals surface area contributed by atoms with Crippen molar-refractivity contribution >= 4 is 17.3 Å². The Balaban J connectivity index is 2.12. The fourth-order valence-corrected chi connectivity index (χ4v) is 3.09. The van der Waals surface area contributed by atoms with Crippen LogP contribution in [-0.2, 0) is 6.54 Å². The second kappa shape index (κ2) is 7.02. The van der Waals surface area contributed by atoms with E-state index in [4.69, 9.17) is 11.6 Å². The van der Waals surface area contributed by atoms with Crippen LogP contribution in [0.15, 0.2) is 18.2 Å². The van der Waals surface area contributed by atoms with Crippen LogP contribution in [0.3, 0.4) is 0 Å². The van der Waals surface area contributed by atoms with E-state index in [-0.39, 0.29) is 5.54 Å². The third-order valence-corrected chi connectivity index (χ3v) is 4.62. The molecule has 0 atom stereocenters. The molecular weight excluding hydrogens is 280 g/mol. The van der Waals surface area contributed by atoms with Gasteiger partial charge in [-0.25, -0.2) is 0 Å². The summed E-state index contributed by atoms with van der Waals surface area (Å²) in [5.41, 5.74) is 2.80. The summed E-state index contributed by atoms with van der Waals surface area (Å²) in [6, 6.07) is 6.30. The van der Waals surface area contributed by atoms with Crippen molar-refractivity contribution in [3.63, 3.8) is 0 Å². The maximum atomic E-state index is 6.23. The molecule has 1 aromatic rings. The number of rotatable bonds is 4. The van der Waals surface area contributed by atoms with Gasteiger partial charge in [-0.15, -0.1) is 0 Å². The van der Waals surface area contributed by atoms with Crippen LogP contribution < -0.4 is 10.2 Å². The van der Waals surface area contributed by atoms with Crippen LogP contribution in [-0.4, -0.2) is 18.6 Å². The van der Waals surface area contributed by atoms with Gasteiger partial charge in [-0.1, -0.05) is 31.0 Å². The average molecular weight is 309 g/mol. The Labute approximate surface area is 134 Å². The zero-order valence-corrected chi connectivity index (χ0v) is 14.6. The molecule has 1 aliphatic heterocycles. The molecule has 1 N–H and O–H groups in total. The van der Waals surface area contributed by atoms with E-state index < -0.39 is 0 Å². The highest BCUT2D eigenvalue weighted by atomic mass is 35.5. The Morgan fingerprint density at radius 2 is 1.90 bits per heavy atom. The fourth-order valence-electron chi connectivity index (χ4n) is 2.92. The van der Waals surface area contributed by atoms with E-state index >= 15 is 0 Å². The third kappa shape index (κ3) is 4.89. The van der Waals surface area contributed by atoms with E-state index in [1.54, 1.807) is 0 Å². The van der Waals surface area contributed by atoms with Gasteiger partial charge in [-0.05, 0) is 57.2 Å². The van der Waals surface area contributed by atoms with E-state index in [1.807, 2.05) is 6.07 Å². The number of hydrogen-bond donors (Lipinski definition) is 1. The monoisotopic (exact) mass is 308 g/mol. The maximum Gasteiger partial charge on any atom is 0.0426 e. The van der Waals surface area contributed by atoms with Gasteiger partial charge in [0, 0.05) is 35.9 Å². The van der Waals surface area contributed by atoms with Crippen LogP contribution in [0.2, 0.25) is 5.02 Å². The Morgan fingerprint density at radius 3 is 2.48 bits per heavy atom. The van der Waals surface area contributed by atoms with Gasteiger partial charge in [0.05, 0.1) is 0 Å². The molecule has 118 valence electrons.